The molecule has 0 radical (unpaired) electrons. The van der Waals surface area contributed by atoms with Crippen LogP contribution in [0.2, 0.25) is 0 Å². The Morgan fingerprint density at radius 2 is 2.04 bits per heavy atom. The molecule has 1 aliphatic heterocycles. The van der Waals surface area contributed by atoms with Crippen LogP contribution in [0.15, 0.2) is 34.9 Å². The van der Waals surface area contributed by atoms with Crippen molar-refractivity contribution in [2.45, 2.75) is 46.1 Å². The molecule has 0 unspecified atom stereocenters. The molecule has 0 spiro atoms. The van der Waals surface area contributed by atoms with Crippen molar-refractivity contribution in [1.29, 1.82) is 0 Å². The second kappa shape index (κ2) is 8.05. The number of aryl methyl sites for hydroxylation is 3. The molecular formula is C21H27N5O. The number of nitrogens with one attached hydrogen (secondary N) is 1. The van der Waals surface area contributed by atoms with Gasteiger partial charge in [-0.05, 0) is 69.8 Å². The number of piperidine rings is 1. The third-order valence-electron chi connectivity index (χ3n) is 5.31. The van der Waals surface area contributed by atoms with Gasteiger partial charge in [0.15, 0.2) is 0 Å². The molecule has 1 fully saturated rings. The highest BCUT2D eigenvalue weighted by molar-refractivity contribution is 5.55. The summed E-state index contributed by atoms with van der Waals surface area (Å²) < 4.78 is 7.52. The van der Waals surface area contributed by atoms with Gasteiger partial charge in [0.25, 0.3) is 0 Å². The maximum Gasteiger partial charge on any atom is 0.226 e. The van der Waals surface area contributed by atoms with Crippen molar-refractivity contribution < 1.29 is 4.52 Å². The number of hydrogen-bond donors (Lipinski definition) is 1. The largest absolute Gasteiger partial charge is 0.339 e. The van der Waals surface area contributed by atoms with Crippen molar-refractivity contribution in [1.82, 2.24) is 25.2 Å². The lowest BCUT2D eigenvalue weighted by Gasteiger charge is -2.21. The van der Waals surface area contributed by atoms with Gasteiger partial charge in [0.1, 0.15) is 0 Å². The molecule has 6 nitrogen and oxygen atoms in total. The summed E-state index contributed by atoms with van der Waals surface area (Å²) in [6, 6.07) is 10.4. The molecule has 3 heterocycles. The summed E-state index contributed by atoms with van der Waals surface area (Å²) in [7, 11) is 0. The van der Waals surface area contributed by atoms with Crippen LogP contribution < -0.4 is 5.32 Å². The lowest BCUT2D eigenvalue weighted by atomic mass is 9.93. The quantitative estimate of drug-likeness (QED) is 0.724. The number of aromatic nitrogens is 4. The van der Waals surface area contributed by atoms with Crippen molar-refractivity contribution in [2.24, 2.45) is 5.92 Å². The zero-order chi connectivity index (χ0) is 18.6. The zero-order valence-electron chi connectivity index (χ0n) is 16.1. The van der Waals surface area contributed by atoms with Crippen LogP contribution in [0.25, 0.3) is 11.4 Å². The Kier molecular flexibility index (Phi) is 5.34. The Hall–Kier alpha value is -2.47. The summed E-state index contributed by atoms with van der Waals surface area (Å²) in [6.45, 7) is 7.10. The molecule has 0 atom stereocenters. The number of hydrogen-bond acceptors (Lipinski definition) is 5. The van der Waals surface area contributed by atoms with E-state index < -0.39 is 0 Å². The molecule has 6 heteroatoms. The maximum atomic E-state index is 5.50. The van der Waals surface area contributed by atoms with E-state index in [0.29, 0.717) is 5.82 Å². The molecule has 1 aliphatic rings. The fourth-order valence-electron chi connectivity index (χ4n) is 3.79. The molecule has 0 bridgehead atoms. The third-order valence-corrected chi connectivity index (χ3v) is 5.31. The molecule has 0 aliphatic carbocycles. The van der Waals surface area contributed by atoms with Gasteiger partial charge in [-0.1, -0.05) is 23.4 Å². The van der Waals surface area contributed by atoms with Crippen LogP contribution >= 0.6 is 0 Å². The van der Waals surface area contributed by atoms with Crippen LogP contribution in [-0.2, 0) is 13.0 Å². The normalized spacial score (nSPS) is 15.3. The maximum absolute atomic E-state index is 5.50. The second-order valence-electron chi connectivity index (χ2n) is 7.53. The van der Waals surface area contributed by atoms with Crippen molar-refractivity contribution in [2.75, 3.05) is 13.1 Å². The molecule has 0 saturated carbocycles. The molecule has 1 aromatic carbocycles. The van der Waals surface area contributed by atoms with Crippen molar-refractivity contribution in [3.05, 3.63) is 53.2 Å². The van der Waals surface area contributed by atoms with Gasteiger partial charge in [0.05, 0.1) is 12.2 Å². The molecule has 1 saturated heterocycles. The minimum atomic E-state index is 0.672. The first-order chi connectivity index (χ1) is 13.2. The highest BCUT2D eigenvalue weighted by Crippen LogP contribution is 2.21. The molecule has 27 heavy (non-hydrogen) atoms. The molecule has 142 valence electrons. The molecule has 3 aromatic rings. The highest BCUT2D eigenvalue weighted by atomic mass is 16.5. The summed E-state index contributed by atoms with van der Waals surface area (Å²) in [5, 5.41) is 12.2. The lowest BCUT2D eigenvalue weighted by molar-refractivity contribution is 0.324. The van der Waals surface area contributed by atoms with E-state index >= 15 is 0 Å². The van der Waals surface area contributed by atoms with Crippen molar-refractivity contribution in [3.63, 3.8) is 0 Å². The summed E-state index contributed by atoms with van der Waals surface area (Å²) in [5.74, 6) is 2.18. The fourth-order valence-corrected chi connectivity index (χ4v) is 3.79. The van der Waals surface area contributed by atoms with E-state index in [1.807, 2.05) is 23.7 Å². The third kappa shape index (κ3) is 4.45. The summed E-state index contributed by atoms with van der Waals surface area (Å²) in [4.78, 5) is 4.62. The van der Waals surface area contributed by atoms with E-state index in [1.54, 1.807) is 0 Å². The Bertz CT molecular complexity index is 892. The van der Waals surface area contributed by atoms with E-state index in [-0.39, 0.29) is 0 Å². The van der Waals surface area contributed by atoms with Crippen LogP contribution in [-0.4, -0.2) is 33.0 Å². The van der Waals surface area contributed by atoms with Gasteiger partial charge in [-0.15, -0.1) is 0 Å². The average molecular weight is 365 g/mol. The average Bonchev–Trinajstić information content (AvgIpc) is 3.27. The highest BCUT2D eigenvalue weighted by Gasteiger charge is 2.15. The smallest absolute Gasteiger partial charge is 0.226 e. The topological polar surface area (TPSA) is 68.8 Å². The minimum Gasteiger partial charge on any atom is -0.339 e. The Labute approximate surface area is 160 Å². The Morgan fingerprint density at radius 1 is 1.19 bits per heavy atom. The first-order valence-corrected chi connectivity index (χ1v) is 9.81. The number of benzene rings is 1. The van der Waals surface area contributed by atoms with Gasteiger partial charge in [0, 0.05) is 17.7 Å². The zero-order valence-corrected chi connectivity index (χ0v) is 16.1. The SMILES string of the molecule is Cc1cc(C)n(Cc2cccc(-c3noc(CCC4CCNCC4)n3)c2)n1. The second-order valence-corrected chi connectivity index (χ2v) is 7.53. The predicted octanol–water partition coefficient (Wildman–Crippen LogP) is 3.53. The summed E-state index contributed by atoms with van der Waals surface area (Å²) in [6.07, 6.45) is 4.48. The van der Waals surface area contributed by atoms with Crippen LogP contribution in [0.1, 0.15) is 42.1 Å². The molecule has 0 amide bonds. The predicted molar refractivity (Wildman–Crippen MR) is 104 cm³/mol. The van der Waals surface area contributed by atoms with Gasteiger partial charge < -0.3 is 9.84 Å². The molecular weight excluding hydrogens is 338 g/mol. The monoisotopic (exact) mass is 365 g/mol. The first kappa shape index (κ1) is 17.9. The van der Waals surface area contributed by atoms with Crippen molar-refractivity contribution in [3.8, 4) is 11.4 Å². The number of nitrogens with zero attached hydrogens (tertiary/aromatic N) is 4. The summed E-state index contributed by atoms with van der Waals surface area (Å²) in [5.41, 5.74) is 4.38. The standard InChI is InChI=1S/C21H27N5O/c1-15-12-16(2)26(24-15)14-18-4-3-5-19(13-18)21-23-20(27-25-21)7-6-17-8-10-22-11-9-17/h3-5,12-13,17,22H,6-11,14H2,1-2H3. The number of rotatable bonds is 6. The first-order valence-electron chi connectivity index (χ1n) is 9.81. The van der Waals surface area contributed by atoms with Gasteiger partial charge in [0.2, 0.25) is 11.7 Å². The van der Waals surface area contributed by atoms with Gasteiger partial charge in [-0.2, -0.15) is 10.1 Å². The van der Waals surface area contributed by atoms with E-state index in [2.05, 4.69) is 45.7 Å². The molecule has 4 rings (SSSR count). The van der Waals surface area contributed by atoms with Crippen LogP contribution in [0.5, 0.6) is 0 Å². The van der Waals surface area contributed by atoms with Gasteiger partial charge in [-0.25, -0.2) is 0 Å². The van der Waals surface area contributed by atoms with Gasteiger partial charge >= 0.3 is 0 Å². The van der Waals surface area contributed by atoms with E-state index in [1.165, 1.54) is 18.4 Å². The van der Waals surface area contributed by atoms with Crippen LogP contribution in [0, 0.1) is 19.8 Å². The van der Waals surface area contributed by atoms with Crippen LogP contribution in [0.4, 0.5) is 0 Å². The van der Waals surface area contributed by atoms with E-state index in [0.717, 1.165) is 61.2 Å². The van der Waals surface area contributed by atoms with Crippen molar-refractivity contribution >= 4 is 0 Å². The summed E-state index contributed by atoms with van der Waals surface area (Å²) >= 11 is 0. The van der Waals surface area contributed by atoms with Crippen LogP contribution in [0.3, 0.4) is 0 Å². The molecule has 1 N–H and O–H groups in total. The van der Waals surface area contributed by atoms with E-state index in [9.17, 15) is 0 Å². The Balaban J connectivity index is 1.42. The van der Waals surface area contributed by atoms with E-state index in [4.69, 9.17) is 4.52 Å². The fraction of sp³-hybridized carbons (Fsp3) is 0.476. The molecule has 2 aromatic heterocycles. The lowest BCUT2D eigenvalue weighted by Crippen LogP contribution is -2.27. The minimum absolute atomic E-state index is 0.672. The Morgan fingerprint density at radius 3 is 2.81 bits per heavy atom. The van der Waals surface area contributed by atoms with Gasteiger partial charge in [-0.3, -0.25) is 4.68 Å².